The molecule has 0 amide bonds. The molecule has 1 heterocycles. The van der Waals surface area contributed by atoms with E-state index in [1.165, 1.54) is 0 Å². The molecule has 0 aliphatic heterocycles. The highest BCUT2D eigenvalue weighted by Gasteiger charge is 2.03. The number of halogens is 1. The molecular weight excluding hydrogens is 222 g/mol. The molecule has 0 aliphatic carbocycles. The normalized spacial score (nSPS) is 10.4. The van der Waals surface area contributed by atoms with E-state index in [0.29, 0.717) is 0 Å². The van der Waals surface area contributed by atoms with Gasteiger partial charge in [0.05, 0.1) is 12.3 Å². The Labute approximate surface area is 103 Å². The number of hydrogen-bond acceptors (Lipinski definition) is 2. The van der Waals surface area contributed by atoms with Gasteiger partial charge in [-0.25, -0.2) is 0 Å². The summed E-state index contributed by atoms with van der Waals surface area (Å²) < 4.78 is 5.72. The molecule has 0 radical (unpaired) electrons. The van der Waals surface area contributed by atoms with Crippen LogP contribution < -0.4 is 4.74 Å². The Kier molecular flexibility index (Phi) is 6.24. The van der Waals surface area contributed by atoms with Crippen molar-refractivity contribution in [2.45, 2.75) is 39.5 Å². The van der Waals surface area contributed by atoms with E-state index in [9.17, 15) is 0 Å². The molecule has 2 nitrogen and oxygen atoms in total. The molecule has 0 fully saturated rings. The van der Waals surface area contributed by atoms with Gasteiger partial charge >= 0.3 is 0 Å². The second-order valence-electron chi connectivity index (χ2n) is 3.85. The number of unbranched alkanes of at least 4 members (excludes halogenated alkanes) is 2. The van der Waals surface area contributed by atoms with Crippen LogP contribution in [0.5, 0.6) is 5.75 Å². The van der Waals surface area contributed by atoms with Crippen molar-refractivity contribution in [1.29, 1.82) is 0 Å². The Morgan fingerprint density at radius 1 is 1.25 bits per heavy atom. The average Bonchev–Trinajstić information content (AvgIpc) is 2.30. The summed E-state index contributed by atoms with van der Waals surface area (Å²) in [7, 11) is 0. The van der Waals surface area contributed by atoms with Crippen molar-refractivity contribution in [3.63, 3.8) is 0 Å². The number of pyridine rings is 1. The van der Waals surface area contributed by atoms with Crippen LogP contribution in [0.2, 0.25) is 0 Å². The van der Waals surface area contributed by atoms with Crippen molar-refractivity contribution < 1.29 is 4.74 Å². The fraction of sp³-hybridized carbons (Fsp3) is 0.615. The van der Waals surface area contributed by atoms with Crippen molar-refractivity contribution in [1.82, 2.24) is 4.98 Å². The minimum atomic E-state index is 0.742. The van der Waals surface area contributed by atoms with Crippen molar-refractivity contribution in [2.24, 2.45) is 0 Å². The summed E-state index contributed by atoms with van der Waals surface area (Å²) in [6.45, 7) is 4.86. The number of aryl methyl sites for hydroxylation is 2. The SMILES string of the molecule is CCc1nc(C)ccc1OCCCCCCl. The highest BCUT2D eigenvalue weighted by atomic mass is 35.5. The molecule has 0 saturated heterocycles. The third-order valence-corrected chi connectivity index (χ3v) is 2.71. The number of aromatic nitrogens is 1. The zero-order valence-electron chi connectivity index (χ0n) is 10.1. The van der Waals surface area contributed by atoms with Crippen LogP contribution in [0.25, 0.3) is 0 Å². The zero-order chi connectivity index (χ0) is 11.8. The number of nitrogens with zero attached hydrogens (tertiary/aromatic N) is 1. The summed E-state index contributed by atoms with van der Waals surface area (Å²) in [5.74, 6) is 1.67. The van der Waals surface area contributed by atoms with Gasteiger partial charge in [0.15, 0.2) is 0 Å². The molecule has 0 N–H and O–H groups in total. The fourth-order valence-electron chi connectivity index (χ4n) is 1.54. The van der Waals surface area contributed by atoms with Crippen LogP contribution in [0.15, 0.2) is 12.1 Å². The van der Waals surface area contributed by atoms with E-state index in [0.717, 1.165) is 55.3 Å². The largest absolute Gasteiger partial charge is 0.492 e. The molecule has 1 rings (SSSR count). The quantitative estimate of drug-likeness (QED) is 0.536. The first kappa shape index (κ1) is 13.3. The first-order valence-corrected chi connectivity index (χ1v) is 6.46. The van der Waals surface area contributed by atoms with Crippen LogP contribution in [-0.4, -0.2) is 17.5 Å². The van der Waals surface area contributed by atoms with Gasteiger partial charge in [-0.15, -0.1) is 11.6 Å². The smallest absolute Gasteiger partial charge is 0.140 e. The lowest BCUT2D eigenvalue weighted by atomic mass is 10.2. The topological polar surface area (TPSA) is 22.1 Å². The molecular formula is C13H20ClNO. The third-order valence-electron chi connectivity index (χ3n) is 2.44. The van der Waals surface area contributed by atoms with Gasteiger partial charge in [-0.2, -0.15) is 0 Å². The number of alkyl halides is 1. The van der Waals surface area contributed by atoms with E-state index in [-0.39, 0.29) is 0 Å². The van der Waals surface area contributed by atoms with Crippen LogP contribution in [0.1, 0.15) is 37.6 Å². The summed E-state index contributed by atoms with van der Waals surface area (Å²) in [5, 5.41) is 0. The van der Waals surface area contributed by atoms with Crippen molar-refractivity contribution in [3.8, 4) is 5.75 Å². The third kappa shape index (κ3) is 4.40. The first-order chi connectivity index (χ1) is 7.77. The number of rotatable bonds is 7. The molecule has 1 aromatic rings. The van der Waals surface area contributed by atoms with E-state index < -0.39 is 0 Å². The van der Waals surface area contributed by atoms with Gasteiger partial charge < -0.3 is 4.74 Å². The second kappa shape index (κ2) is 7.50. The lowest BCUT2D eigenvalue weighted by Gasteiger charge is -2.10. The predicted molar refractivity (Wildman–Crippen MR) is 68.4 cm³/mol. The summed E-state index contributed by atoms with van der Waals surface area (Å²) in [4.78, 5) is 4.46. The molecule has 0 atom stereocenters. The maximum Gasteiger partial charge on any atom is 0.140 e. The Balaban J connectivity index is 2.41. The Morgan fingerprint density at radius 2 is 2.06 bits per heavy atom. The highest BCUT2D eigenvalue weighted by Crippen LogP contribution is 2.17. The van der Waals surface area contributed by atoms with Crippen LogP contribution in [0, 0.1) is 6.92 Å². The molecule has 1 aromatic heterocycles. The summed E-state index contributed by atoms with van der Waals surface area (Å²) in [6, 6.07) is 4.01. The minimum absolute atomic E-state index is 0.742. The molecule has 0 spiro atoms. The zero-order valence-corrected chi connectivity index (χ0v) is 10.9. The standard InChI is InChI=1S/C13H20ClNO/c1-3-12-13(8-7-11(2)15-12)16-10-6-4-5-9-14/h7-8H,3-6,9-10H2,1-2H3. The van der Waals surface area contributed by atoms with E-state index in [1.54, 1.807) is 0 Å². The average molecular weight is 242 g/mol. The first-order valence-electron chi connectivity index (χ1n) is 5.93. The van der Waals surface area contributed by atoms with Gasteiger partial charge in [0, 0.05) is 11.6 Å². The second-order valence-corrected chi connectivity index (χ2v) is 4.23. The van der Waals surface area contributed by atoms with Gasteiger partial charge in [0.2, 0.25) is 0 Å². The van der Waals surface area contributed by atoms with Crippen LogP contribution in [0.3, 0.4) is 0 Å². The Morgan fingerprint density at radius 3 is 2.75 bits per heavy atom. The number of ether oxygens (including phenoxy) is 1. The van der Waals surface area contributed by atoms with E-state index in [1.807, 2.05) is 19.1 Å². The van der Waals surface area contributed by atoms with Gasteiger partial charge in [-0.05, 0) is 44.7 Å². The van der Waals surface area contributed by atoms with Crippen LogP contribution >= 0.6 is 11.6 Å². The molecule has 0 aliphatic rings. The molecule has 0 bridgehead atoms. The van der Waals surface area contributed by atoms with Crippen LogP contribution in [0.4, 0.5) is 0 Å². The number of hydrogen-bond donors (Lipinski definition) is 0. The van der Waals surface area contributed by atoms with Gasteiger partial charge in [0.1, 0.15) is 5.75 Å². The summed E-state index contributed by atoms with van der Waals surface area (Å²) in [5.41, 5.74) is 2.10. The maximum atomic E-state index is 5.72. The van der Waals surface area contributed by atoms with Crippen molar-refractivity contribution in [3.05, 3.63) is 23.5 Å². The van der Waals surface area contributed by atoms with Crippen LogP contribution in [-0.2, 0) is 6.42 Å². The van der Waals surface area contributed by atoms with E-state index >= 15 is 0 Å². The van der Waals surface area contributed by atoms with Crippen molar-refractivity contribution >= 4 is 11.6 Å². The Bertz CT molecular complexity index is 315. The van der Waals surface area contributed by atoms with Gasteiger partial charge in [-0.1, -0.05) is 6.92 Å². The highest BCUT2D eigenvalue weighted by molar-refractivity contribution is 6.17. The van der Waals surface area contributed by atoms with Crippen molar-refractivity contribution in [2.75, 3.05) is 12.5 Å². The minimum Gasteiger partial charge on any atom is -0.492 e. The van der Waals surface area contributed by atoms with Gasteiger partial charge in [0.25, 0.3) is 0 Å². The Hall–Kier alpha value is -0.760. The maximum absolute atomic E-state index is 5.72. The monoisotopic (exact) mass is 241 g/mol. The fourth-order valence-corrected chi connectivity index (χ4v) is 1.73. The molecule has 3 heteroatoms. The summed E-state index contributed by atoms with van der Waals surface area (Å²) in [6.07, 6.45) is 4.17. The molecule has 0 saturated carbocycles. The molecule has 0 aromatic carbocycles. The van der Waals surface area contributed by atoms with Gasteiger partial charge in [-0.3, -0.25) is 4.98 Å². The predicted octanol–water partition coefficient (Wildman–Crippen LogP) is 3.74. The molecule has 90 valence electrons. The molecule has 0 unspecified atom stereocenters. The van der Waals surface area contributed by atoms with E-state index in [2.05, 4.69) is 11.9 Å². The summed E-state index contributed by atoms with van der Waals surface area (Å²) >= 11 is 5.61. The molecule has 16 heavy (non-hydrogen) atoms. The van der Waals surface area contributed by atoms with E-state index in [4.69, 9.17) is 16.3 Å². The lowest BCUT2D eigenvalue weighted by Crippen LogP contribution is -2.02. The lowest BCUT2D eigenvalue weighted by molar-refractivity contribution is 0.302.